The Morgan fingerprint density at radius 2 is 1.97 bits per heavy atom. The second-order valence-electron chi connectivity index (χ2n) is 7.49. The number of hydrogen-bond acceptors (Lipinski definition) is 5. The molecule has 3 heterocycles. The SMILES string of the molecule is C=CCn1c(=O)c2ccccc2n2c(SCC(=O)c3cc(C)n(CCC)c3C)nnc12. The molecule has 160 valence electrons. The average molecular weight is 436 g/mol. The van der Waals surface area contributed by atoms with Crippen molar-refractivity contribution in [2.45, 2.75) is 45.4 Å². The predicted molar refractivity (Wildman–Crippen MR) is 124 cm³/mol. The van der Waals surface area contributed by atoms with Gasteiger partial charge in [0.15, 0.2) is 10.9 Å². The summed E-state index contributed by atoms with van der Waals surface area (Å²) in [6, 6.07) is 9.34. The first kappa shape index (κ1) is 21.1. The van der Waals surface area contributed by atoms with Crippen LogP contribution in [0.15, 0.2) is 52.9 Å². The molecule has 0 saturated heterocycles. The standard InChI is InChI=1S/C23H25N5O2S/c1-5-11-26-15(3)13-18(16(26)4)20(29)14-31-23-25-24-22-27(12-6-2)21(30)17-9-7-8-10-19(17)28(22)23/h6-10,13H,2,5,11-12,14H2,1,3-4H3. The molecule has 0 saturated carbocycles. The van der Waals surface area contributed by atoms with Gasteiger partial charge in [0.25, 0.3) is 5.56 Å². The Balaban J connectivity index is 1.72. The lowest BCUT2D eigenvalue weighted by Gasteiger charge is -2.09. The summed E-state index contributed by atoms with van der Waals surface area (Å²) in [5.41, 5.74) is 3.44. The summed E-state index contributed by atoms with van der Waals surface area (Å²) in [4.78, 5) is 25.9. The lowest BCUT2D eigenvalue weighted by atomic mass is 10.2. The van der Waals surface area contributed by atoms with Crippen LogP contribution in [0.1, 0.15) is 35.1 Å². The first-order valence-corrected chi connectivity index (χ1v) is 11.3. The molecule has 0 fully saturated rings. The Kier molecular flexibility index (Phi) is 5.82. The number of benzene rings is 1. The number of fused-ring (bicyclic) bond motifs is 3. The fourth-order valence-electron chi connectivity index (χ4n) is 3.98. The highest BCUT2D eigenvalue weighted by atomic mass is 32.2. The summed E-state index contributed by atoms with van der Waals surface area (Å²) < 4.78 is 5.58. The van der Waals surface area contributed by atoms with Gasteiger partial charge >= 0.3 is 0 Å². The first-order valence-electron chi connectivity index (χ1n) is 10.3. The Morgan fingerprint density at radius 1 is 1.19 bits per heavy atom. The fourth-order valence-corrected chi connectivity index (χ4v) is 4.80. The van der Waals surface area contributed by atoms with Crippen molar-refractivity contribution in [2.24, 2.45) is 0 Å². The van der Waals surface area contributed by atoms with Gasteiger partial charge in [-0.2, -0.15) is 0 Å². The molecule has 0 amide bonds. The van der Waals surface area contributed by atoms with E-state index in [1.54, 1.807) is 16.7 Å². The quantitative estimate of drug-likeness (QED) is 0.237. The van der Waals surface area contributed by atoms with Gasteiger partial charge in [-0.25, -0.2) is 0 Å². The topological polar surface area (TPSA) is 74.2 Å². The van der Waals surface area contributed by atoms with Gasteiger partial charge in [0.2, 0.25) is 5.78 Å². The van der Waals surface area contributed by atoms with Crippen molar-refractivity contribution in [3.8, 4) is 0 Å². The number of para-hydroxylation sites is 1. The molecule has 0 aliphatic rings. The summed E-state index contributed by atoms with van der Waals surface area (Å²) in [6.45, 7) is 11.1. The van der Waals surface area contributed by atoms with E-state index in [4.69, 9.17) is 0 Å². The molecule has 3 aromatic heterocycles. The maximum Gasteiger partial charge on any atom is 0.263 e. The molecule has 31 heavy (non-hydrogen) atoms. The van der Waals surface area contributed by atoms with Crippen LogP contribution in [0.25, 0.3) is 16.7 Å². The normalized spacial score (nSPS) is 11.5. The molecule has 0 aliphatic carbocycles. The highest BCUT2D eigenvalue weighted by Crippen LogP contribution is 2.24. The van der Waals surface area contributed by atoms with E-state index in [0.29, 0.717) is 22.9 Å². The molecule has 1 aromatic carbocycles. The molecule has 0 aliphatic heterocycles. The van der Waals surface area contributed by atoms with Crippen LogP contribution in [0, 0.1) is 13.8 Å². The lowest BCUT2D eigenvalue weighted by molar-refractivity contribution is 0.102. The van der Waals surface area contributed by atoms with Crippen LogP contribution >= 0.6 is 11.8 Å². The number of Topliss-reactive ketones (excluding diaryl/α,β-unsaturated/α-hetero) is 1. The Labute approximate surface area is 184 Å². The van der Waals surface area contributed by atoms with Crippen molar-refractivity contribution < 1.29 is 4.79 Å². The van der Waals surface area contributed by atoms with E-state index in [-0.39, 0.29) is 17.1 Å². The Morgan fingerprint density at radius 3 is 2.71 bits per heavy atom. The number of hydrogen-bond donors (Lipinski definition) is 0. The molecule has 0 radical (unpaired) electrons. The van der Waals surface area contributed by atoms with Gasteiger partial charge in [0.1, 0.15) is 0 Å². The van der Waals surface area contributed by atoms with Crippen LogP contribution in [-0.4, -0.2) is 35.3 Å². The number of allylic oxidation sites excluding steroid dienone is 1. The van der Waals surface area contributed by atoms with E-state index in [0.717, 1.165) is 35.4 Å². The molecule has 4 aromatic rings. The number of carbonyl (C=O) groups excluding carboxylic acids is 1. The van der Waals surface area contributed by atoms with E-state index in [1.807, 2.05) is 42.5 Å². The summed E-state index contributed by atoms with van der Waals surface area (Å²) in [5.74, 6) is 0.743. The van der Waals surface area contributed by atoms with E-state index in [9.17, 15) is 9.59 Å². The van der Waals surface area contributed by atoms with Gasteiger partial charge in [0.05, 0.1) is 16.7 Å². The number of ketones is 1. The predicted octanol–water partition coefficient (Wildman–Crippen LogP) is 4.03. The summed E-state index contributed by atoms with van der Waals surface area (Å²) in [7, 11) is 0. The highest BCUT2D eigenvalue weighted by molar-refractivity contribution is 7.99. The molecule has 4 rings (SSSR count). The van der Waals surface area contributed by atoms with Crippen molar-refractivity contribution in [3.63, 3.8) is 0 Å². The van der Waals surface area contributed by atoms with Crippen LogP contribution in [0.3, 0.4) is 0 Å². The molecular formula is C23H25N5O2S. The number of nitrogens with zero attached hydrogens (tertiary/aromatic N) is 5. The second kappa shape index (κ2) is 8.55. The third-order valence-electron chi connectivity index (χ3n) is 5.44. The van der Waals surface area contributed by atoms with Crippen molar-refractivity contribution in [1.82, 2.24) is 23.7 Å². The van der Waals surface area contributed by atoms with Crippen molar-refractivity contribution in [1.29, 1.82) is 0 Å². The zero-order valence-electron chi connectivity index (χ0n) is 18.0. The lowest BCUT2D eigenvalue weighted by Crippen LogP contribution is -2.22. The third kappa shape index (κ3) is 3.61. The van der Waals surface area contributed by atoms with Crippen LogP contribution < -0.4 is 5.56 Å². The maximum atomic E-state index is 13.0. The molecule has 0 spiro atoms. The largest absolute Gasteiger partial charge is 0.348 e. The van der Waals surface area contributed by atoms with E-state index < -0.39 is 0 Å². The molecule has 0 atom stereocenters. The third-order valence-corrected chi connectivity index (χ3v) is 6.37. The minimum atomic E-state index is -0.133. The molecule has 0 unspecified atom stereocenters. The zero-order valence-corrected chi connectivity index (χ0v) is 18.8. The van der Waals surface area contributed by atoms with Crippen LogP contribution in [0.5, 0.6) is 0 Å². The van der Waals surface area contributed by atoms with E-state index in [2.05, 4.69) is 28.3 Å². The van der Waals surface area contributed by atoms with Crippen LogP contribution in [0.2, 0.25) is 0 Å². The number of rotatable bonds is 8. The minimum absolute atomic E-state index is 0.0564. The summed E-state index contributed by atoms with van der Waals surface area (Å²) >= 11 is 1.33. The summed E-state index contributed by atoms with van der Waals surface area (Å²) in [5, 5.41) is 9.70. The number of aromatic nitrogens is 5. The highest BCUT2D eigenvalue weighted by Gasteiger charge is 2.19. The first-order chi connectivity index (χ1) is 15.0. The monoisotopic (exact) mass is 435 g/mol. The van der Waals surface area contributed by atoms with Gasteiger partial charge in [0, 0.05) is 30.0 Å². The van der Waals surface area contributed by atoms with Crippen molar-refractivity contribution >= 4 is 34.2 Å². The van der Waals surface area contributed by atoms with Gasteiger partial charge in [-0.1, -0.05) is 36.9 Å². The smallest absolute Gasteiger partial charge is 0.263 e. The molecule has 0 bridgehead atoms. The maximum absolute atomic E-state index is 13.0. The number of aryl methyl sites for hydroxylation is 1. The van der Waals surface area contributed by atoms with Gasteiger partial charge < -0.3 is 4.57 Å². The Hall–Kier alpha value is -3.13. The van der Waals surface area contributed by atoms with Crippen LogP contribution in [-0.2, 0) is 13.1 Å². The number of carbonyl (C=O) groups is 1. The second-order valence-corrected chi connectivity index (χ2v) is 8.43. The summed E-state index contributed by atoms with van der Waals surface area (Å²) in [6.07, 6.45) is 2.68. The van der Waals surface area contributed by atoms with Gasteiger partial charge in [-0.15, -0.1) is 16.8 Å². The van der Waals surface area contributed by atoms with E-state index >= 15 is 0 Å². The van der Waals surface area contributed by atoms with Gasteiger partial charge in [-0.3, -0.25) is 18.6 Å². The van der Waals surface area contributed by atoms with Gasteiger partial charge in [-0.05, 0) is 38.5 Å². The van der Waals surface area contributed by atoms with Crippen molar-refractivity contribution in [2.75, 3.05) is 5.75 Å². The minimum Gasteiger partial charge on any atom is -0.348 e. The van der Waals surface area contributed by atoms with Crippen molar-refractivity contribution in [3.05, 3.63) is 70.3 Å². The molecule has 8 heteroatoms. The van der Waals surface area contributed by atoms with Crippen LogP contribution in [0.4, 0.5) is 0 Å². The van der Waals surface area contributed by atoms with E-state index in [1.165, 1.54) is 11.8 Å². The molecular weight excluding hydrogens is 410 g/mol. The number of thioether (sulfide) groups is 1. The molecule has 7 nitrogen and oxygen atoms in total. The zero-order chi connectivity index (χ0) is 22.1. The fraction of sp³-hybridized carbons (Fsp3) is 0.304. The average Bonchev–Trinajstić information content (AvgIpc) is 3.31. The molecule has 0 N–H and O–H groups in total. The Bertz CT molecular complexity index is 1360.